The fourth-order valence-corrected chi connectivity index (χ4v) is 4.82. The summed E-state index contributed by atoms with van der Waals surface area (Å²) in [5, 5.41) is 16.9. The van der Waals surface area contributed by atoms with E-state index in [0.717, 1.165) is 5.56 Å². The zero-order valence-corrected chi connectivity index (χ0v) is 26.4. The van der Waals surface area contributed by atoms with Crippen molar-refractivity contribution in [1.82, 2.24) is 5.32 Å². The van der Waals surface area contributed by atoms with Crippen LogP contribution in [0.5, 0.6) is 11.5 Å². The molecule has 10 heteroatoms. The first-order valence-electron chi connectivity index (χ1n) is 15.0. The van der Waals surface area contributed by atoms with E-state index in [2.05, 4.69) is 10.6 Å². The van der Waals surface area contributed by atoms with E-state index in [4.69, 9.17) is 19.9 Å². The van der Waals surface area contributed by atoms with Crippen molar-refractivity contribution in [2.75, 3.05) is 32.8 Å². The van der Waals surface area contributed by atoms with E-state index >= 15 is 0 Å². The highest BCUT2D eigenvalue weighted by atomic mass is 19.1. The Hall–Kier alpha value is -3.21. The van der Waals surface area contributed by atoms with Gasteiger partial charge in [-0.25, -0.2) is 4.39 Å². The van der Waals surface area contributed by atoms with E-state index < -0.39 is 18.1 Å². The van der Waals surface area contributed by atoms with Crippen molar-refractivity contribution in [3.8, 4) is 11.5 Å². The molecule has 43 heavy (non-hydrogen) atoms. The maximum absolute atomic E-state index is 13.2. The molecule has 2 aromatic carbocycles. The Morgan fingerprint density at radius 1 is 0.977 bits per heavy atom. The number of carbonyl (C=O) groups excluding carboxylic acids is 2. The lowest BCUT2D eigenvalue weighted by Crippen LogP contribution is -2.42. The van der Waals surface area contributed by atoms with Gasteiger partial charge in [-0.2, -0.15) is 0 Å². The van der Waals surface area contributed by atoms with Crippen molar-refractivity contribution in [2.24, 2.45) is 29.4 Å². The number of nitrogens with two attached hydrogens (primary N) is 1. The van der Waals surface area contributed by atoms with E-state index in [9.17, 15) is 19.1 Å². The van der Waals surface area contributed by atoms with Crippen LogP contribution in [0.4, 0.5) is 10.1 Å². The van der Waals surface area contributed by atoms with Crippen LogP contribution in [0.15, 0.2) is 42.5 Å². The van der Waals surface area contributed by atoms with Crippen LogP contribution < -0.4 is 25.8 Å². The number of aliphatic hydroxyl groups excluding tert-OH is 1. The largest absolute Gasteiger partial charge is 0.497 e. The molecule has 0 unspecified atom stereocenters. The smallest absolute Gasteiger partial charge is 0.224 e. The van der Waals surface area contributed by atoms with Gasteiger partial charge in [0.25, 0.3) is 0 Å². The van der Waals surface area contributed by atoms with E-state index in [0.29, 0.717) is 43.2 Å². The van der Waals surface area contributed by atoms with Gasteiger partial charge in [-0.3, -0.25) is 9.59 Å². The fourth-order valence-electron chi connectivity index (χ4n) is 4.82. The summed E-state index contributed by atoms with van der Waals surface area (Å²) in [5.74, 6) is -0.0718. The molecule has 0 aromatic heterocycles. The molecular weight excluding hydrogens is 553 g/mol. The molecule has 4 atom stereocenters. The lowest BCUT2D eigenvalue weighted by Gasteiger charge is -2.29. The van der Waals surface area contributed by atoms with Crippen LogP contribution in [0.3, 0.4) is 0 Å². The first-order chi connectivity index (χ1) is 20.4. The van der Waals surface area contributed by atoms with Crippen LogP contribution in [0.2, 0.25) is 0 Å². The van der Waals surface area contributed by atoms with Gasteiger partial charge in [0.1, 0.15) is 17.3 Å². The number of carbonyl (C=O) groups is 2. The zero-order chi connectivity index (χ0) is 31.9. The molecule has 0 aliphatic carbocycles. The van der Waals surface area contributed by atoms with Gasteiger partial charge in [0.05, 0.1) is 25.5 Å². The summed E-state index contributed by atoms with van der Waals surface area (Å²) in [6, 6.07) is 10.6. The maximum Gasteiger partial charge on any atom is 0.224 e. The molecule has 2 rings (SSSR count). The van der Waals surface area contributed by atoms with Crippen molar-refractivity contribution in [3.05, 3.63) is 53.8 Å². The van der Waals surface area contributed by atoms with Crippen molar-refractivity contribution < 1.29 is 33.3 Å². The molecule has 5 N–H and O–H groups in total. The van der Waals surface area contributed by atoms with E-state index in [1.165, 1.54) is 12.1 Å². The van der Waals surface area contributed by atoms with Crippen LogP contribution >= 0.6 is 0 Å². The Bertz CT molecular complexity index is 1130. The first kappa shape index (κ1) is 36.0. The van der Waals surface area contributed by atoms with Crippen LogP contribution in [-0.2, 0) is 20.9 Å². The monoisotopic (exact) mass is 603 g/mol. The Balaban J connectivity index is 1.99. The van der Waals surface area contributed by atoms with Gasteiger partial charge in [0.15, 0.2) is 0 Å². The normalized spacial score (nSPS) is 14.2. The highest BCUT2D eigenvalue weighted by molar-refractivity contribution is 5.92. The Kier molecular flexibility index (Phi) is 15.4. The molecule has 0 aliphatic heterocycles. The number of halogens is 1. The number of benzene rings is 2. The second kappa shape index (κ2) is 18.5. The van der Waals surface area contributed by atoms with Gasteiger partial charge in [0, 0.05) is 51.1 Å². The lowest BCUT2D eigenvalue weighted by atomic mass is 9.82. The predicted molar refractivity (Wildman–Crippen MR) is 166 cm³/mol. The molecule has 0 saturated carbocycles. The number of hydrogen-bond acceptors (Lipinski definition) is 7. The number of ether oxygens (including phenoxy) is 3. The number of hydrogen-bond donors (Lipinski definition) is 4. The van der Waals surface area contributed by atoms with Crippen molar-refractivity contribution in [1.29, 1.82) is 0 Å². The SMILES string of the molecule is COCCCOc1ccc(OC)cc1NC(=O)C[C@@H](C[C@H](N)[C@@H](O)C[C@H](C(=O)NCc1ccc(F)cc1)C(C)C)C(C)C. The van der Waals surface area contributed by atoms with Crippen LogP contribution in [-0.4, -0.2) is 56.5 Å². The first-order valence-corrected chi connectivity index (χ1v) is 15.0. The van der Waals surface area contributed by atoms with Crippen molar-refractivity contribution in [3.63, 3.8) is 0 Å². The Morgan fingerprint density at radius 2 is 1.67 bits per heavy atom. The minimum absolute atomic E-state index is 0.0319. The molecule has 0 saturated heterocycles. The minimum atomic E-state index is -0.932. The summed E-state index contributed by atoms with van der Waals surface area (Å²) in [4.78, 5) is 26.2. The maximum atomic E-state index is 13.2. The third kappa shape index (κ3) is 12.5. The molecule has 0 radical (unpaired) electrons. The third-order valence-corrected chi connectivity index (χ3v) is 7.69. The third-order valence-electron chi connectivity index (χ3n) is 7.69. The summed E-state index contributed by atoms with van der Waals surface area (Å²) in [6.07, 6.45) is 0.577. The van der Waals surface area contributed by atoms with Gasteiger partial charge in [-0.15, -0.1) is 0 Å². The molecular formula is C33H50FN3O6. The molecule has 0 fully saturated rings. The number of anilines is 1. The van der Waals surface area contributed by atoms with E-state index in [1.54, 1.807) is 44.6 Å². The summed E-state index contributed by atoms with van der Waals surface area (Å²) >= 11 is 0. The summed E-state index contributed by atoms with van der Waals surface area (Å²) < 4.78 is 29.5. The van der Waals surface area contributed by atoms with Crippen LogP contribution in [0.25, 0.3) is 0 Å². The topological polar surface area (TPSA) is 132 Å². The number of rotatable bonds is 19. The number of methoxy groups -OCH3 is 2. The summed E-state index contributed by atoms with van der Waals surface area (Å²) in [6.45, 7) is 9.16. The van der Waals surface area contributed by atoms with Gasteiger partial charge >= 0.3 is 0 Å². The molecule has 2 aromatic rings. The van der Waals surface area contributed by atoms with Crippen molar-refractivity contribution in [2.45, 2.75) is 72.1 Å². The van der Waals surface area contributed by atoms with Gasteiger partial charge in [0.2, 0.25) is 11.8 Å². The Morgan fingerprint density at radius 3 is 2.28 bits per heavy atom. The fraction of sp³-hybridized carbons (Fsp3) is 0.576. The summed E-state index contributed by atoms with van der Waals surface area (Å²) in [7, 11) is 3.19. The standard InChI is InChI=1S/C33H50FN3O6/c1-21(2)24(17-32(39)37-29-18-26(42-6)12-13-31(29)43-15-7-14-41-5)16-28(35)30(38)19-27(22(3)4)33(40)36-20-23-8-10-25(34)11-9-23/h8-13,18,21-22,24,27-28,30,38H,7,14-17,19-20,35H2,1-6H3,(H,36,40)(H,37,39)/t24-,27+,28+,30+/m1/s1. The number of amides is 2. The molecule has 0 bridgehead atoms. The predicted octanol–water partition coefficient (Wildman–Crippen LogP) is 4.91. The summed E-state index contributed by atoms with van der Waals surface area (Å²) in [5.41, 5.74) is 7.76. The highest BCUT2D eigenvalue weighted by Gasteiger charge is 2.30. The minimum Gasteiger partial charge on any atom is -0.497 e. The Labute approximate surface area is 255 Å². The average molecular weight is 604 g/mol. The average Bonchev–Trinajstić information content (AvgIpc) is 2.97. The molecule has 2 amide bonds. The second-order valence-corrected chi connectivity index (χ2v) is 11.7. The number of nitrogens with one attached hydrogen (secondary N) is 2. The van der Waals surface area contributed by atoms with Crippen molar-refractivity contribution >= 4 is 17.5 Å². The second-order valence-electron chi connectivity index (χ2n) is 11.7. The molecule has 240 valence electrons. The molecule has 0 heterocycles. The van der Waals surface area contributed by atoms with E-state index in [1.807, 2.05) is 27.7 Å². The van der Waals surface area contributed by atoms with E-state index in [-0.39, 0.29) is 54.8 Å². The quantitative estimate of drug-likeness (QED) is 0.168. The molecule has 0 aliphatic rings. The number of aliphatic hydroxyl groups is 1. The van der Waals surface area contributed by atoms with Crippen LogP contribution in [0, 0.1) is 29.5 Å². The zero-order valence-electron chi connectivity index (χ0n) is 26.4. The highest BCUT2D eigenvalue weighted by Crippen LogP contribution is 2.31. The van der Waals surface area contributed by atoms with Gasteiger partial charge in [-0.05, 0) is 60.4 Å². The van der Waals surface area contributed by atoms with Crippen LogP contribution in [0.1, 0.15) is 58.9 Å². The van der Waals surface area contributed by atoms with Gasteiger partial charge in [-0.1, -0.05) is 39.8 Å². The molecule has 0 spiro atoms. The lowest BCUT2D eigenvalue weighted by molar-refractivity contribution is -0.127. The molecule has 9 nitrogen and oxygen atoms in total. The van der Waals surface area contributed by atoms with Gasteiger partial charge < -0.3 is 35.7 Å².